The van der Waals surface area contributed by atoms with Crippen LogP contribution in [0, 0.1) is 0 Å². The maximum absolute atomic E-state index is 11.0. The van der Waals surface area contributed by atoms with E-state index in [1.165, 1.54) is 0 Å². The molecule has 1 rings (SSSR count). The maximum atomic E-state index is 11.0. The smallest absolute Gasteiger partial charge is 0.231 e. The van der Waals surface area contributed by atoms with Crippen LogP contribution in [-0.4, -0.2) is 67.6 Å². The van der Waals surface area contributed by atoms with Crippen molar-refractivity contribution in [3.63, 3.8) is 0 Å². The van der Waals surface area contributed by atoms with E-state index < -0.39 is 0 Å². The number of aliphatic imine (C=N–C) groups is 1. The summed E-state index contributed by atoms with van der Waals surface area (Å²) in [7, 11) is 0. The molecule has 5 N–H and O–H groups in total. The van der Waals surface area contributed by atoms with Gasteiger partial charge in [-0.2, -0.15) is 0 Å². The van der Waals surface area contributed by atoms with E-state index in [0.29, 0.717) is 12.6 Å². The van der Waals surface area contributed by atoms with Crippen molar-refractivity contribution < 1.29 is 4.79 Å². The number of nitrogens with one attached hydrogen (secondary N) is 3. The van der Waals surface area contributed by atoms with E-state index in [1.807, 2.05) is 0 Å². The molecule has 142 valence electrons. The first-order valence-corrected chi connectivity index (χ1v) is 8.60. The molecule has 0 aromatic rings. The fraction of sp³-hybridized carbons (Fsp3) is 0.875. The number of carbonyl (C=O) groups is 1. The van der Waals surface area contributed by atoms with Crippen LogP contribution in [0.5, 0.6) is 0 Å². The lowest BCUT2D eigenvalue weighted by Crippen LogP contribution is -2.50. The summed E-state index contributed by atoms with van der Waals surface area (Å²) in [6, 6.07) is 0.396. The lowest BCUT2D eigenvalue weighted by Gasteiger charge is -2.32. The van der Waals surface area contributed by atoms with Crippen molar-refractivity contribution in [2.24, 2.45) is 10.7 Å². The first-order chi connectivity index (χ1) is 10.8. The van der Waals surface area contributed by atoms with Crippen LogP contribution in [0.4, 0.5) is 0 Å². The zero-order chi connectivity index (χ0) is 17.3. The van der Waals surface area contributed by atoms with Gasteiger partial charge in [0.05, 0.1) is 13.1 Å². The highest BCUT2D eigenvalue weighted by Crippen LogP contribution is 2.09. The number of nitrogens with two attached hydrogens (primary N) is 1. The Morgan fingerprint density at radius 3 is 2.42 bits per heavy atom. The van der Waals surface area contributed by atoms with E-state index in [-0.39, 0.29) is 35.4 Å². The number of halogens is 1. The number of likely N-dealkylation sites (tertiary alicyclic amines) is 1. The number of rotatable bonds is 7. The second kappa shape index (κ2) is 11.9. The molecule has 1 fully saturated rings. The molecule has 0 saturated carbocycles. The Bertz CT molecular complexity index is 389. The maximum Gasteiger partial charge on any atom is 0.231 e. The molecular weight excluding hydrogens is 419 g/mol. The predicted molar refractivity (Wildman–Crippen MR) is 111 cm³/mol. The van der Waals surface area contributed by atoms with Crippen LogP contribution in [0.1, 0.15) is 40.5 Å². The Kier molecular flexibility index (Phi) is 11.6. The van der Waals surface area contributed by atoms with Gasteiger partial charge in [0, 0.05) is 37.8 Å². The number of hydrogen-bond acceptors (Lipinski definition) is 4. The predicted octanol–water partition coefficient (Wildman–Crippen LogP) is 0.497. The highest BCUT2D eigenvalue weighted by molar-refractivity contribution is 14.0. The lowest BCUT2D eigenvalue weighted by molar-refractivity contribution is -0.119. The van der Waals surface area contributed by atoms with Crippen molar-refractivity contribution in [1.82, 2.24) is 20.9 Å². The van der Waals surface area contributed by atoms with Gasteiger partial charge in [-0.3, -0.25) is 14.7 Å². The van der Waals surface area contributed by atoms with Crippen LogP contribution < -0.4 is 21.7 Å². The van der Waals surface area contributed by atoms with Gasteiger partial charge in [0.15, 0.2) is 5.96 Å². The molecule has 24 heavy (non-hydrogen) atoms. The van der Waals surface area contributed by atoms with E-state index in [4.69, 9.17) is 5.73 Å². The minimum absolute atomic E-state index is 0. The Balaban J connectivity index is 0.00000529. The van der Waals surface area contributed by atoms with Gasteiger partial charge in [0.1, 0.15) is 0 Å². The third kappa shape index (κ3) is 11.0. The number of guanidine groups is 1. The molecule has 1 saturated heterocycles. The summed E-state index contributed by atoms with van der Waals surface area (Å²) in [5.41, 5.74) is 5.37. The standard InChI is InChI=1S/C16H34N6O.HI/c1-5-18-15(19-8-9-20-16(2,3)4)21-13-6-10-22(11-7-13)12-14(17)23;/h13,20H,5-12H2,1-4H3,(H2,17,23)(H2,18,19,21);1H. The largest absolute Gasteiger partial charge is 0.369 e. The first-order valence-electron chi connectivity index (χ1n) is 8.60. The summed E-state index contributed by atoms with van der Waals surface area (Å²) in [6.07, 6.45) is 2.00. The van der Waals surface area contributed by atoms with E-state index in [0.717, 1.165) is 51.5 Å². The monoisotopic (exact) mass is 454 g/mol. The number of amides is 1. The molecular formula is C16H35IN6O. The topological polar surface area (TPSA) is 94.8 Å². The van der Waals surface area contributed by atoms with Gasteiger partial charge in [0.2, 0.25) is 5.91 Å². The van der Waals surface area contributed by atoms with E-state index >= 15 is 0 Å². The molecule has 0 aromatic carbocycles. The summed E-state index contributed by atoms with van der Waals surface area (Å²) in [5.74, 6) is 0.620. The summed E-state index contributed by atoms with van der Waals surface area (Å²) >= 11 is 0. The summed E-state index contributed by atoms with van der Waals surface area (Å²) in [5, 5.41) is 10.2. The molecule has 1 aliphatic heterocycles. The Labute approximate surface area is 163 Å². The molecule has 0 radical (unpaired) electrons. The Morgan fingerprint density at radius 2 is 1.92 bits per heavy atom. The third-order valence-corrected chi connectivity index (χ3v) is 3.69. The molecule has 7 nitrogen and oxygen atoms in total. The van der Waals surface area contributed by atoms with Crippen molar-refractivity contribution in [3.8, 4) is 0 Å². The van der Waals surface area contributed by atoms with Crippen LogP contribution >= 0.6 is 24.0 Å². The van der Waals surface area contributed by atoms with Gasteiger partial charge in [-0.15, -0.1) is 24.0 Å². The average molecular weight is 454 g/mol. The third-order valence-electron chi connectivity index (χ3n) is 3.69. The number of hydrogen-bond donors (Lipinski definition) is 4. The quantitative estimate of drug-likeness (QED) is 0.195. The first kappa shape index (κ1) is 23.4. The van der Waals surface area contributed by atoms with Gasteiger partial charge < -0.3 is 21.7 Å². The molecule has 0 aromatic heterocycles. The summed E-state index contributed by atoms with van der Waals surface area (Å²) in [6.45, 7) is 13.1. The van der Waals surface area contributed by atoms with Crippen LogP contribution in [0.15, 0.2) is 4.99 Å². The molecule has 1 amide bonds. The van der Waals surface area contributed by atoms with Crippen LogP contribution in [-0.2, 0) is 4.79 Å². The number of piperidine rings is 1. The van der Waals surface area contributed by atoms with E-state index in [1.54, 1.807) is 0 Å². The van der Waals surface area contributed by atoms with Crippen molar-refractivity contribution in [3.05, 3.63) is 0 Å². The van der Waals surface area contributed by atoms with Crippen LogP contribution in [0.2, 0.25) is 0 Å². The van der Waals surface area contributed by atoms with E-state index in [2.05, 4.69) is 53.5 Å². The zero-order valence-corrected chi connectivity index (χ0v) is 17.9. The molecule has 8 heteroatoms. The van der Waals surface area contributed by atoms with Gasteiger partial charge in [-0.05, 0) is 40.5 Å². The molecule has 0 spiro atoms. The van der Waals surface area contributed by atoms with Gasteiger partial charge >= 0.3 is 0 Å². The molecule has 0 bridgehead atoms. The van der Waals surface area contributed by atoms with Gasteiger partial charge in [0.25, 0.3) is 0 Å². The lowest BCUT2D eigenvalue weighted by atomic mass is 10.1. The minimum atomic E-state index is -0.252. The summed E-state index contributed by atoms with van der Waals surface area (Å²) in [4.78, 5) is 17.7. The fourth-order valence-electron chi connectivity index (χ4n) is 2.57. The van der Waals surface area contributed by atoms with Crippen molar-refractivity contribution in [2.75, 3.05) is 39.3 Å². The van der Waals surface area contributed by atoms with Crippen molar-refractivity contribution >= 4 is 35.8 Å². The molecule has 0 unspecified atom stereocenters. The molecule has 0 aliphatic carbocycles. The number of nitrogens with zero attached hydrogens (tertiary/aromatic N) is 2. The molecule has 0 atom stereocenters. The number of primary amides is 1. The SMILES string of the molecule is CCNC(=NCCNC(C)(C)C)NC1CCN(CC(N)=O)CC1.I. The van der Waals surface area contributed by atoms with Crippen LogP contribution in [0.25, 0.3) is 0 Å². The molecule has 1 heterocycles. The minimum Gasteiger partial charge on any atom is -0.369 e. The van der Waals surface area contributed by atoms with Crippen LogP contribution in [0.3, 0.4) is 0 Å². The van der Waals surface area contributed by atoms with Crippen molar-refractivity contribution in [2.45, 2.75) is 52.1 Å². The second-order valence-electron chi connectivity index (χ2n) is 7.10. The normalized spacial score (nSPS) is 17.2. The second-order valence-corrected chi connectivity index (χ2v) is 7.10. The zero-order valence-electron chi connectivity index (χ0n) is 15.5. The van der Waals surface area contributed by atoms with Crippen molar-refractivity contribution in [1.29, 1.82) is 0 Å². The Morgan fingerprint density at radius 1 is 1.29 bits per heavy atom. The fourth-order valence-corrected chi connectivity index (χ4v) is 2.57. The summed E-state index contributed by atoms with van der Waals surface area (Å²) < 4.78 is 0. The molecule has 1 aliphatic rings. The highest BCUT2D eigenvalue weighted by atomic mass is 127. The van der Waals surface area contributed by atoms with Gasteiger partial charge in [-0.1, -0.05) is 0 Å². The Hall–Kier alpha value is -0.610. The average Bonchev–Trinajstić information content (AvgIpc) is 2.44. The van der Waals surface area contributed by atoms with E-state index in [9.17, 15) is 4.79 Å². The highest BCUT2D eigenvalue weighted by Gasteiger charge is 2.20. The number of carbonyl (C=O) groups excluding carboxylic acids is 1. The van der Waals surface area contributed by atoms with Gasteiger partial charge in [-0.25, -0.2) is 0 Å².